The number of ether oxygens (including phenoxy) is 3. The van der Waals surface area contributed by atoms with Gasteiger partial charge < -0.3 is 44.8 Å². The number of aromatic hydroxyl groups is 2. The van der Waals surface area contributed by atoms with Gasteiger partial charge in [0, 0.05) is 5.56 Å². The number of carbonyl (C=O) groups excluding carboxylic acids is 1. The lowest BCUT2D eigenvalue weighted by Gasteiger charge is -2.39. The van der Waals surface area contributed by atoms with Crippen molar-refractivity contribution in [3.05, 3.63) is 53.6 Å². The zero-order valence-electron chi connectivity index (χ0n) is 15.7. The molecule has 0 radical (unpaired) electrons. The molecular weight excluding hydrogens is 400 g/mol. The van der Waals surface area contributed by atoms with Gasteiger partial charge in [-0.05, 0) is 18.2 Å². The first-order valence-electron chi connectivity index (χ1n) is 9.06. The van der Waals surface area contributed by atoms with Crippen LogP contribution in [0.2, 0.25) is 0 Å². The largest absolute Gasteiger partial charge is 0.507 e. The molecule has 162 valence electrons. The van der Waals surface area contributed by atoms with Crippen molar-refractivity contribution < 1.29 is 49.6 Å². The Hall–Kier alpha value is -2.89. The molecule has 3 rings (SSSR count). The highest BCUT2D eigenvalue weighted by atomic mass is 16.7. The molecule has 1 aliphatic rings. The highest BCUT2D eigenvalue weighted by Crippen LogP contribution is 2.29. The molecule has 6 N–H and O–H groups in total. The molecule has 0 spiro atoms. The smallest absolute Gasteiger partial charge is 0.346 e. The lowest BCUT2D eigenvalue weighted by molar-refractivity contribution is -0.277. The number of rotatable bonds is 6. The lowest BCUT2D eigenvalue weighted by atomic mass is 9.99. The first-order chi connectivity index (χ1) is 14.3. The van der Waals surface area contributed by atoms with Gasteiger partial charge in [-0.2, -0.15) is 0 Å². The van der Waals surface area contributed by atoms with E-state index in [1.54, 1.807) is 18.2 Å². The molecule has 0 saturated carbocycles. The van der Waals surface area contributed by atoms with Crippen molar-refractivity contribution in [2.24, 2.45) is 0 Å². The molecule has 0 bridgehead atoms. The summed E-state index contributed by atoms with van der Waals surface area (Å²) < 4.78 is 16.0. The van der Waals surface area contributed by atoms with Gasteiger partial charge in [-0.15, -0.1) is 0 Å². The van der Waals surface area contributed by atoms with E-state index in [1.165, 1.54) is 24.3 Å². The van der Waals surface area contributed by atoms with Gasteiger partial charge in [-0.3, -0.25) is 0 Å². The number of aliphatic hydroxyl groups is 4. The average Bonchev–Trinajstić information content (AvgIpc) is 2.73. The Morgan fingerprint density at radius 2 is 1.60 bits per heavy atom. The van der Waals surface area contributed by atoms with E-state index in [9.17, 15) is 35.4 Å². The molecule has 1 fully saturated rings. The second-order valence-corrected chi connectivity index (χ2v) is 6.67. The van der Waals surface area contributed by atoms with E-state index >= 15 is 0 Å². The topological polar surface area (TPSA) is 166 Å². The predicted molar refractivity (Wildman–Crippen MR) is 99.7 cm³/mol. The fourth-order valence-corrected chi connectivity index (χ4v) is 2.98. The molecule has 0 aromatic heterocycles. The number of phenols is 2. The number of phenolic OH excluding ortho intramolecular Hbond substituents is 2. The van der Waals surface area contributed by atoms with Crippen LogP contribution >= 0.6 is 0 Å². The first kappa shape index (κ1) is 21.8. The summed E-state index contributed by atoms with van der Waals surface area (Å²) in [5.41, 5.74) is -0.0254. The molecule has 2 aromatic carbocycles. The van der Waals surface area contributed by atoms with Gasteiger partial charge in [0.1, 0.15) is 53.8 Å². The summed E-state index contributed by atoms with van der Waals surface area (Å²) >= 11 is 0. The van der Waals surface area contributed by atoms with Crippen molar-refractivity contribution in [3.8, 4) is 17.2 Å². The molecule has 2 aromatic rings. The maximum atomic E-state index is 12.2. The third-order valence-electron chi connectivity index (χ3n) is 4.65. The van der Waals surface area contributed by atoms with Crippen LogP contribution in [0.1, 0.15) is 15.9 Å². The summed E-state index contributed by atoms with van der Waals surface area (Å²) in [5, 5.41) is 58.6. The van der Waals surface area contributed by atoms with E-state index in [2.05, 4.69) is 0 Å². The van der Waals surface area contributed by atoms with Crippen molar-refractivity contribution >= 4 is 5.97 Å². The molecule has 1 heterocycles. The third-order valence-corrected chi connectivity index (χ3v) is 4.65. The number of benzene rings is 2. The average molecular weight is 422 g/mol. The van der Waals surface area contributed by atoms with Gasteiger partial charge in [0.25, 0.3) is 0 Å². The van der Waals surface area contributed by atoms with Crippen LogP contribution in [0.25, 0.3) is 0 Å². The van der Waals surface area contributed by atoms with Crippen LogP contribution in [0.3, 0.4) is 0 Å². The molecule has 10 nitrogen and oxygen atoms in total. The Morgan fingerprint density at radius 1 is 0.933 bits per heavy atom. The molecule has 10 heteroatoms. The maximum absolute atomic E-state index is 12.2. The molecular formula is C20H22O10. The van der Waals surface area contributed by atoms with Crippen LogP contribution in [-0.2, 0) is 16.1 Å². The minimum Gasteiger partial charge on any atom is -0.507 e. The molecule has 0 aliphatic carbocycles. The van der Waals surface area contributed by atoms with Gasteiger partial charge in [0.15, 0.2) is 0 Å². The molecule has 1 aliphatic heterocycles. The quantitative estimate of drug-likeness (QED) is 0.338. The number of hydrogen-bond donors (Lipinski definition) is 6. The highest BCUT2D eigenvalue weighted by Gasteiger charge is 2.44. The van der Waals surface area contributed by atoms with Gasteiger partial charge in [0.05, 0.1) is 6.61 Å². The summed E-state index contributed by atoms with van der Waals surface area (Å²) in [7, 11) is 0. The van der Waals surface area contributed by atoms with Gasteiger partial charge in [-0.25, -0.2) is 4.79 Å². The van der Waals surface area contributed by atoms with Gasteiger partial charge >= 0.3 is 5.97 Å². The maximum Gasteiger partial charge on any atom is 0.346 e. The van der Waals surface area contributed by atoms with Crippen LogP contribution in [0, 0.1) is 0 Å². The molecule has 0 unspecified atom stereocenters. The monoisotopic (exact) mass is 422 g/mol. The molecule has 30 heavy (non-hydrogen) atoms. The second-order valence-electron chi connectivity index (χ2n) is 6.67. The number of carbonyl (C=O) groups is 1. The SMILES string of the molecule is O=C(OCc1ccccc1O[C@@H]1O[C@H](CO)[C@@H](O)[C@H](O)[C@H]1O)c1c(O)cccc1O. The third kappa shape index (κ3) is 4.48. The fourth-order valence-electron chi connectivity index (χ4n) is 2.98. The van der Waals surface area contributed by atoms with Crippen molar-refractivity contribution in [2.45, 2.75) is 37.3 Å². The zero-order chi connectivity index (χ0) is 21.8. The van der Waals surface area contributed by atoms with Crippen LogP contribution in [-0.4, -0.2) is 73.9 Å². The minimum atomic E-state index is -1.60. The van der Waals surface area contributed by atoms with Gasteiger partial charge in [-0.1, -0.05) is 24.3 Å². The van der Waals surface area contributed by atoms with E-state index in [4.69, 9.17) is 14.2 Å². The second kappa shape index (κ2) is 9.28. The van der Waals surface area contributed by atoms with E-state index < -0.39 is 54.8 Å². The number of hydrogen-bond acceptors (Lipinski definition) is 10. The first-order valence-corrected chi connectivity index (χ1v) is 9.06. The van der Waals surface area contributed by atoms with Crippen LogP contribution in [0.15, 0.2) is 42.5 Å². The van der Waals surface area contributed by atoms with E-state index in [1.807, 2.05) is 0 Å². The standard InChI is InChI=1S/C20H22O10/c21-8-14-16(24)17(25)18(26)20(30-14)29-13-7-2-1-4-10(13)9-28-19(27)15-11(22)5-3-6-12(15)23/h1-7,14,16-18,20-26H,8-9H2/t14-,16-,17+,18-,20-/m1/s1. The van der Waals surface area contributed by atoms with Crippen LogP contribution in [0.5, 0.6) is 17.2 Å². The Labute approximate surface area is 171 Å². The fraction of sp³-hybridized carbons (Fsp3) is 0.350. The van der Waals surface area contributed by atoms with E-state index in [-0.39, 0.29) is 17.9 Å². The molecule has 0 amide bonds. The number of esters is 1. The van der Waals surface area contributed by atoms with E-state index in [0.717, 1.165) is 0 Å². The molecule has 5 atom stereocenters. The Balaban J connectivity index is 1.73. The Morgan fingerprint density at radius 3 is 2.27 bits per heavy atom. The predicted octanol–water partition coefficient (Wildman–Crippen LogP) is -0.367. The number of aliphatic hydroxyl groups excluding tert-OH is 4. The van der Waals surface area contributed by atoms with Crippen molar-refractivity contribution in [3.63, 3.8) is 0 Å². The van der Waals surface area contributed by atoms with E-state index in [0.29, 0.717) is 5.56 Å². The van der Waals surface area contributed by atoms with Crippen molar-refractivity contribution in [1.29, 1.82) is 0 Å². The normalized spacial score (nSPS) is 26.2. The Kier molecular flexibility index (Phi) is 6.75. The summed E-state index contributed by atoms with van der Waals surface area (Å²) in [6.07, 6.45) is -7.26. The number of para-hydroxylation sites is 1. The summed E-state index contributed by atoms with van der Waals surface area (Å²) in [4.78, 5) is 12.2. The summed E-state index contributed by atoms with van der Waals surface area (Å²) in [5.74, 6) is -1.69. The zero-order valence-corrected chi connectivity index (χ0v) is 15.7. The van der Waals surface area contributed by atoms with Crippen LogP contribution < -0.4 is 4.74 Å². The Bertz CT molecular complexity index is 863. The van der Waals surface area contributed by atoms with Crippen molar-refractivity contribution in [2.75, 3.05) is 6.61 Å². The summed E-state index contributed by atoms with van der Waals surface area (Å²) in [6, 6.07) is 10.1. The minimum absolute atomic E-state index is 0.149. The molecule has 1 saturated heterocycles. The van der Waals surface area contributed by atoms with Gasteiger partial charge in [0.2, 0.25) is 6.29 Å². The summed E-state index contributed by atoms with van der Waals surface area (Å²) in [6.45, 7) is -0.908. The van der Waals surface area contributed by atoms with Crippen LogP contribution in [0.4, 0.5) is 0 Å². The highest BCUT2D eigenvalue weighted by molar-refractivity contribution is 5.95. The lowest BCUT2D eigenvalue weighted by Crippen LogP contribution is -2.60. The van der Waals surface area contributed by atoms with Crippen molar-refractivity contribution in [1.82, 2.24) is 0 Å².